The highest BCUT2D eigenvalue weighted by molar-refractivity contribution is 6.14. The molecule has 6 heteroatoms. The van der Waals surface area contributed by atoms with Crippen LogP contribution in [0.5, 0.6) is 0 Å². The smallest absolute Gasteiger partial charge is 0.338 e. The van der Waals surface area contributed by atoms with Crippen molar-refractivity contribution < 1.29 is 9.53 Å². The highest BCUT2D eigenvalue weighted by atomic mass is 16.5. The van der Waals surface area contributed by atoms with Crippen LogP contribution in [0.4, 0.5) is 0 Å². The summed E-state index contributed by atoms with van der Waals surface area (Å²) in [5.41, 5.74) is 6.74. The lowest BCUT2D eigenvalue weighted by Gasteiger charge is -2.14. The van der Waals surface area contributed by atoms with Gasteiger partial charge in [0.2, 0.25) is 0 Å². The number of carbonyl (C=O) groups is 1. The van der Waals surface area contributed by atoms with E-state index in [2.05, 4.69) is 26.0 Å². The number of ether oxygens (including phenoxy) is 1. The maximum Gasteiger partial charge on any atom is 0.338 e. The molecule has 0 aromatic heterocycles. The average molecular weight is 583 g/mol. The number of hydrogen-bond acceptors (Lipinski definition) is 6. The Hall–Kier alpha value is -6.47. The minimum atomic E-state index is -0.512. The fraction of sp³-hybridized carbons (Fsp3) is 0.103. The number of rotatable bonds is 5. The first-order chi connectivity index (χ1) is 21.8. The topological polar surface area (TPSA) is 121 Å². The first-order valence-corrected chi connectivity index (χ1v) is 14.2. The molecule has 0 atom stereocenters. The van der Waals surface area contributed by atoms with Crippen LogP contribution in [0, 0.1) is 45.3 Å². The maximum absolute atomic E-state index is 13.2. The normalized spacial score (nSPS) is 10.3. The number of nitriles is 4. The highest BCUT2D eigenvalue weighted by Crippen LogP contribution is 2.43. The lowest BCUT2D eigenvalue weighted by Crippen LogP contribution is -2.14. The van der Waals surface area contributed by atoms with E-state index in [1.54, 1.807) is 30.3 Å². The Morgan fingerprint density at radius 2 is 1.29 bits per heavy atom. The van der Waals surface area contributed by atoms with Crippen LogP contribution in [0.25, 0.3) is 39.0 Å². The van der Waals surface area contributed by atoms with Crippen LogP contribution in [-0.2, 0) is 4.74 Å². The van der Waals surface area contributed by atoms with Crippen molar-refractivity contribution in [2.45, 2.75) is 19.8 Å². The highest BCUT2D eigenvalue weighted by Gasteiger charge is 2.27. The molecule has 0 bridgehead atoms. The van der Waals surface area contributed by atoms with Crippen molar-refractivity contribution in [1.29, 1.82) is 21.0 Å². The first kappa shape index (κ1) is 30.0. The van der Waals surface area contributed by atoms with Crippen LogP contribution >= 0.6 is 0 Å². The monoisotopic (exact) mass is 582 g/mol. The third kappa shape index (κ3) is 5.66. The zero-order valence-corrected chi connectivity index (χ0v) is 24.9. The minimum Gasteiger partial charge on any atom is -0.465 e. The van der Waals surface area contributed by atoms with E-state index in [0.717, 1.165) is 22.3 Å². The Bertz CT molecular complexity index is 2160. The number of hydrogen-bond donors (Lipinski definition) is 0. The molecule has 45 heavy (non-hydrogen) atoms. The molecule has 4 aliphatic carbocycles. The lowest BCUT2D eigenvalue weighted by atomic mass is 9.87. The van der Waals surface area contributed by atoms with Gasteiger partial charge < -0.3 is 4.74 Å². The summed E-state index contributed by atoms with van der Waals surface area (Å²) >= 11 is 0. The van der Waals surface area contributed by atoms with E-state index in [1.165, 1.54) is 7.11 Å². The quantitative estimate of drug-likeness (QED) is 0.168. The number of nitrogens with zero attached hydrogens (tertiary/aromatic N) is 4. The number of fused-ring (bicyclic) bond motifs is 2. The van der Waals surface area contributed by atoms with Gasteiger partial charge in [-0.3, -0.25) is 0 Å². The molecule has 0 fully saturated rings. The van der Waals surface area contributed by atoms with E-state index in [0.29, 0.717) is 43.8 Å². The van der Waals surface area contributed by atoms with Gasteiger partial charge in [0.25, 0.3) is 0 Å². The van der Waals surface area contributed by atoms with E-state index in [9.17, 15) is 25.8 Å². The van der Waals surface area contributed by atoms with Gasteiger partial charge in [-0.2, -0.15) is 21.0 Å². The Balaban J connectivity index is 1.99. The molecule has 0 aliphatic heterocycles. The Morgan fingerprint density at radius 3 is 1.84 bits per heavy atom. The molecule has 1 aromatic carbocycles. The van der Waals surface area contributed by atoms with E-state index < -0.39 is 5.97 Å². The Morgan fingerprint density at radius 1 is 0.667 bits per heavy atom. The fourth-order valence-electron chi connectivity index (χ4n) is 5.54. The summed E-state index contributed by atoms with van der Waals surface area (Å²) in [5, 5.41) is 40.5. The summed E-state index contributed by atoms with van der Waals surface area (Å²) < 4.78 is 5.20. The molecule has 5 rings (SSSR count). The summed E-state index contributed by atoms with van der Waals surface area (Å²) in [4.78, 5) is 13.2. The van der Waals surface area contributed by atoms with Crippen molar-refractivity contribution in [1.82, 2.24) is 0 Å². The molecule has 0 unspecified atom stereocenters. The van der Waals surface area contributed by atoms with Crippen LogP contribution in [-0.4, -0.2) is 13.1 Å². The van der Waals surface area contributed by atoms with Gasteiger partial charge in [0.15, 0.2) is 0 Å². The average Bonchev–Trinajstić information content (AvgIpc) is 3.42. The standard InChI is InChI=1S/C39H26N4O2/c1-24(2)27-10-7-11-33-34(18-27)36(39(44)45-3)19-35(33)38(26-14-12-25(13-15-26)31(20-40)21-41)37(32(22-42)23-43)30-16-28-8-5-4-6-9-29(28)17-30/h4-19,24H,1-3H3. The summed E-state index contributed by atoms with van der Waals surface area (Å²) in [5.74, 6) is -0.328. The van der Waals surface area contributed by atoms with Crippen molar-refractivity contribution in [2.24, 2.45) is 0 Å². The van der Waals surface area contributed by atoms with Gasteiger partial charge in [-0.1, -0.05) is 92.7 Å². The molecule has 214 valence electrons. The summed E-state index contributed by atoms with van der Waals surface area (Å²) in [6, 6.07) is 38.0. The fourth-order valence-corrected chi connectivity index (χ4v) is 5.54. The number of allylic oxidation sites excluding steroid dienone is 2. The summed E-state index contributed by atoms with van der Waals surface area (Å²) in [7, 11) is 1.33. The van der Waals surface area contributed by atoms with Crippen LogP contribution in [0.3, 0.4) is 0 Å². The molecule has 0 saturated carbocycles. The summed E-state index contributed by atoms with van der Waals surface area (Å²) in [6.45, 7) is 4.14. The predicted molar refractivity (Wildman–Crippen MR) is 173 cm³/mol. The number of esters is 1. The molecule has 0 amide bonds. The molecule has 0 heterocycles. The second-order valence-corrected chi connectivity index (χ2v) is 10.7. The van der Waals surface area contributed by atoms with E-state index in [4.69, 9.17) is 4.74 Å². The predicted octanol–water partition coefficient (Wildman–Crippen LogP) is 6.70. The van der Waals surface area contributed by atoms with E-state index >= 15 is 0 Å². The van der Waals surface area contributed by atoms with Crippen molar-refractivity contribution in [3.05, 3.63) is 135 Å². The molecule has 1 aromatic rings. The molecular formula is C39H26N4O2. The van der Waals surface area contributed by atoms with Gasteiger partial charge in [0.05, 0.1) is 12.7 Å². The molecule has 0 N–H and O–H groups in total. The molecule has 4 aliphatic rings. The number of methoxy groups -OCH3 is 1. The molecule has 0 saturated heterocycles. The van der Waals surface area contributed by atoms with Crippen molar-refractivity contribution >= 4 is 22.7 Å². The van der Waals surface area contributed by atoms with E-state index in [1.807, 2.05) is 78.9 Å². The Labute approximate surface area is 261 Å². The lowest BCUT2D eigenvalue weighted by molar-refractivity contribution is 0.0602. The van der Waals surface area contributed by atoms with Gasteiger partial charge in [-0.25, -0.2) is 4.79 Å². The second-order valence-electron chi connectivity index (χ2n) is 10.7. The van der Waals surface area contributed by atoms with Crippen molar-refractivity contribution in [2.75, 3.05) is 7.11 Å². The molecule has 0 radical (unpaired) electrons. The van der Waals surface area contributed by atoms with Gasteiger partial charge in [-0.15, -0.1) is 0 Å². The summed E-state index contributed by atoms with van der Waals surface area (Å²) in [6.07, 6.45) is 0. The van der Waals surface area contributed by atoms with Gasteiger partial charge in [-0.05, 0) is 73.9 Å². The molecular weight excluding hydrogens is 556 g/mol. The first-order valence-electron chi connectivity index (χ1n) is 14.2. The van der Waals surface area contributed by atoms with Gasteiger partial charge in [0.1, 0.15) is 35.4 Å². The number of carbonyl (C=O) groups excluding carboxylic acids is 1. The van der Waals surface area contributed by atoms with Crippen LogP contribution in [0.2, 0.25) is 0 Å². The third-order valence-electron chi connectivity index (χ3n) is 7.79. The van der Waals surface area contributed by atoms with Crippen molar-refractivity contribution in [3.63, 3.8) is 0 Å². The molecule has 6 nitrogen and oxygen atoms in total. The van der Waals surface area contributed by atoms with Gasteiger partial charge >= 0.3 is 5.97 Å². The Kier molecular flexibility index (Phi) is 8.54. The van der Waals surface area contributed by atoms with Crippen LogP contribution in [0.15, 0.2) is 103 Å². The maximum atomic E-state index is 13.2. The minimum absolute atomic E-state index is 0.0382. The largest absolute Gasteiger partial charge is 0.465 e. The van der Waals surface area contributed by atoms with Crippen LogP contribution < -0.4 is 10.4 Å². The van der Waals surface area contributed by atoms with E-state index in [-0.39, 0.29) is 17.1 Å². The second kappa shape index (κ2) is 12.8. The van der Waals surface area contributed by atoms with Gasteiger partial charge in [0, 0.05) is 10.8 Å². The van der Waals surface area contributed by atoms with Crippen LogP contribution in [0.1, 0.15) is 46.8 Å². The molecule has 0 spiro atoms. The third-order valence-corrected chi connectivity index (χ3v) is 7.79. The van der Waals surface area contributed by atoms with Crippen molar-refractivity contribution in [3.8, 4) is 46.5 Å². The SMILES string of the molecule is COC(=O)c1cc(C(C(=C(C#N)C#N)c2cc3cccccc-3c2)=c2ccc(=C(C#N)C#N)cc2)c2cccc(C(C)C)cc1-2. The zero-order valence-electron chi connectivity index (χ0n) is 24.9. The number of benzene rings is 1. The zero-order chi connectivity index (χ0) is 32.1.